The summed E-state index contributed by atoms with van der Waals surface area (Å²) in [7, 11) is 0. The van der Waals surface area contributed by atoms with E-state index in [1.54, 1.807) is 0 Å². The molecule has 0 bridgehead atoms. The fourth-order valence-electron chi connectivity index (χ4n) is 4.12. The lowest BCUT2D eigenvalue weighted by Gasteiger charge is -2.34. The highest BCUT2D eigenvalue weighted by molar-refractivity contribution is 5.81. The Balaban J connectivity index is 1.53. The summed E-state index contributed by atoms with van der Waals surface area (Å²) in [6.45, 7) is 0.278. The molecule has 27 heavy (non-hydrogen) atoms. The van der Waals surface area contributed by atoms with Gasteiger partial charge in [0, 0.05) is 12.5 Å². The topological polar surface area (TPSA) is 66.8 Å². The molecule has 1 N–H and O–H groups in total. The maximum absolute atomic E-state index is 14.0. The number of carbonyl (C=O) groups excluding carboxylic acids is 1. The Bertz CT molecular complexity index is 838. The van der Waals surface area contributed by atoms with Crippen LogP contribution in [0.4, 0.5) is 9.18 Å². The highest BCUT2D eigenvalue weighted by Crippen LogP contribution is 2.44. The second kappa shape index (κ2) is 7.02. The predicted octanol–water partition coefficient (Wildman–Crippen LogP) is 3.82. The molecule has 2 atom stereocenters. The van der Waals surface area contributed by atoms with E-state index in [4.69, 9.17) is 4.74 Å². The van der Waals surface area contributed by atoms with Gasteiger partial charge in [-0.3, -0.25) is 4.90 Å². The van der Waals surface area contributed by atoms with Gasteiger partial charge >= 0.3 is 12.1 Å². The number of benzene rings is 2. The number of carboxylic acids is 1. The number of hydrogen-bond acceptors (Lipinski definition) is 3. The molecule has 4 rings (SSSR count). The van der Waals surface area contributed by atoms with Gasteiger partial charge in [-0.1, -0.05) is 48.5 Å². The van der Waals surface area contributed by atoms with E-state index in [2.05, 4.69) is 0 Å². The number of halogens is 1. The number of aliphatic carboxylic acids is 1. The molecule has 1 heterocycles. The quantitative estimate of drug-likeness (QED) is 0.893. The summed E-state index contributed by atoms with van der Waals surface area (Å²) in [5, 5.41) is 9.28. The molecule has 1 fully saturated rings. The van der Waals surface area contributed by atoms with Crippen LogP contribution in [-0.2, 0) is 9.53 Å². The predicted molar refractivity (Wildman–Crippen MR) is 97.3 cm³/mol. The van der Waals surface area contributed by atoms with Gasteiger partial charge in [-0.05, 0) is 35.1 Å². The Hall–Kier alpha value is -2.89. The lowest BCUT2D eigenvalue weighted by atomic mass is 9.98. The number of amides is 1. The normalized spacial score (nSPS) is 21.4. The van der Waals surface area contributed by atoms with Gasteiger partial charge in [0.25, 0.3) is 0 Å². The number of rotatable bonds is 3. The zero-order valence-corrected chi connectivity index (χ0v) is 14.7. The first kappa shape index (κ1) is 17.5. The number of alkyl halides is 1. The summed E-state index contributed by atoms with van der Waals surface area (Å²) in [5.41, 5.74) is 4.37. The van der Waals surface area contributed by atoms with E-state index in [0.29, 0.717) is 6.42 Å². The SMILES string of the molecule is O=C(O)[C@H]1[C@@H](F)CCCN1C(=O)OCC1c2ccccc2-c2ccccc21. The first-order valence-electron chi connectivity index (χ1n) is 9.06. The molecule has 2 aromatic carbocycles. The van der Waals surface area contributed by atoms with Crippen molar-refractivity contribution >= 4 is 12.1 Å². The minimum absolute atomic E-state index is 0.0899. The molecule has 5 nitrogen and oxygen atoms in total. The van der Waals surface area contributed by atoms with Crippen LogP contribution in [0.1, 0.15) is 29.9 Å². The number of fused-ring (bicyclic) bond motifs is 3. The Morgan fingerprint density at radius 1 is 1.07 bits per heavy atom. The highest BCUT2D eigenvalue weighted by Gasteiger charge is 2.41. The molecule has 0 spiro atoms. The van der Waals surface area contributed by atoms with Crippen molar-refractivity contribution in [3.63, 3.8) is 0 Å². The van der Waals surface area contributed by atoms with Crippen molar-refractivity contribution in [3.8, 4) is 11.1 Å². The summed E-state index contributed by atoms with van der Waals surface area (Å²) in [6, 6.07) is 14.4. The maximum atomic E-state index is 14.0. The third kappa shape index (κ3) is 3.05. The van der Waals surface area contributed by atoms with Gasteiger partial charge in [0.15, 0.2) is 6.04 Å². The molecule has 140 valence electrons. The Morgan fingerprint density at radius 3 is 2.26 bits per heavy atom. The minimum atomic E-state index is -1.57. The van der Waals surface area contributed by atoms with Crippen molar-refractivity contribution in [2.24, 2.45) is 0 Å². The van der Waals surface area contributed by atoms with Gasteiger partial charge in [0.1, 0.15) is 12.8 Å². The van der Waals surface area contributed by atoms with Crippen LogP contribution in [0.15, 0.2) is 48.5 Å². The van der Waals surface area contributed by atoms with Crippen LogP contribution in [0.3, 0.4) is 0 Å². The van der Waals surface area contributed by atoms with Gasteiger partial charge in [-0.25, -0.2) is 14.0 Å². The van der Waals surface area contributed by atoms with Crippen molar-refractivity contribution in [3.05, 3.63) is 59.7 Å². The first-order valence-corrected chi connectivity index (χ1v) is 9.06. The Labute approximate surface area is 156 Å². The van der Waals surface area contributed by atoms with Crippen LogP contribution in [0.25, 0.3) is 11.1 Å². The molecule has 0 unspecified atom stereocenters. The van der Waals surface area contributed by atoms with E-state index in [1.165, 1.54) is 0 Å². The van der Waals surface area contributed by atoms with Gasteiger partial charge < -0.3 is 9.84 Å². The average molecular weight is 369 g/mol. The molecule has 0 saturated carbocycles. The first-order chi connectivity index (χ1) is 13.1. The summed E-state index contributed by atoms with van der Waals surface area (Å²) >= 11 is 0. The molecule has 1 saturated heterocycles. The standard InChI is InChI=1S/C21H20FNO4/c22-18-10-5-11-23(19(18)20(24)25)21(26)27-12-17-15-8-3-1-6-13(15)14-7-2-4-9-16(14)17/h1-4,6-9,17-19H,5,10-12H2,(H,24,25)/t18-,19+/m0/s1. The monoisotopic (exact) mass is 369 g/mol. The lowest BCUT2D eigenvalue weighted by molar-refractivity contribution is -0.146. The molecule has 0 aromatic heterocycles. The fraction of sp³-hybridized carbons (Fsp3) is 0.333. The number of hydrogen-bond donors (Lipinski definition) is 1. The van der Waals surface area contributed by atoms with Crippen molar-refractivity contribution in [1.82, 2.24) is 4.90 Å². The molecule has 0 radical (unpaired) electrons. The van der Waals surface area contributed by atoms with E-state index in [0.717, 1.165) is 27.2 Å². The highest BCUT2D eigenvalue weighted by atomic mass is 19.1. The van der Waals surface area contributed by atoms with E-state index in [9.17, 15) is 19.1 Å². The number of ether oxygens (including phenoxy) is 1. The zero-order chi connectivity index (χ0) is 19.0. The van der Waals surface area contributed by atoms with E-state index < -0.39 is 24.3 Å². The molecule has 2 aromatic rings. The fourth-order valence-corrected chi connectivity index (χ4v) is 4.12. The van der Waals surface area contributed by atoms with E-state index >= 15 is 0 Å². The summed E-state index contributed by atoms with van der Waals surface area (Å²) in [4.78, 5) is 24.9. The largest absolute Gasteiger partial charge is 0.480 e. The van der Waals surface area contributed by atoms with Crippen LogP contribution in [0, 0.1) is 0 Å². The molecule has 6 heteroatoms. The smallest absolute Gasteiger partial charge is 0.410 e. The Kier molecular flexibility index (Phi) is 4.56. The molecule has 1 aliphatic carbocycles. The van der Waals surface area contributed by atoms with Gasteiger partial charge in [0.2, 0.25) is 0 Å². The second-order valence-electron chi connectivity index (χ2n) is 6.94. The van der Waals surface area contributed by atoms with Gasteiger partial charge in [-0.2, -0.15) is 0 Å². The molecular weight excluding hydrogens is 349 g/mol. The zero-order valence-electron chi connectivity index (χ0n) is 14.7. The van der Waals surface area contributed by atoms with Crippen molar-refractivity contribution < 1.29 is 23.8 Å². The Morgan fingerprint density at radius 2 is 1.67 bits per heavy atom. The number of likely N-dealkylation sites (tertiary alicyclic amines) is 1. The van der Waals surface area contributed by atoms with Crippen molar-refractivity contribution in [1.29, 1.82) is 0 Å². The lowest BCUT2D eigenvalue weighted by Crippen LogP contribution is -2.54. The van der Waals surface area contributed by atoms with Crippen molar-refractivity contribution in [2.45, 2.75) is 31.0 Å². The number of piperidine rings is 1. The minimum Gasteiger partial charge on any atom is -0.480 e. The number of nitrogens with zero attached hydrogens (tertiary/aromatic N) is 1. The van der Waals surface area contributed by atoms with E-state index in [-0.39, 0.29) is 25.5 Å². The maximum Gasteiger partial charge on any atom is 0.410 e. The molecule has 2 aliphatic rings. The van der Waals surface area contributed by atoms with Crippen molar-refractivity contribution in [2.75, 3.05) is 13.2 Å². The molecule has 1 amide bonds. The van der Waals surface area contributed by atoms with E-state index in [1.807, 2.05) is 48.5 Å². The third-order valence-electron chi connectivity index (χ3n) is 5.38. The number of carboxylic acid groups (broad SMARTS) is 1. The van der Waals surface area contributed by atoms with Crippen LogP contribution in [0.2, 0.25) is 0 Å². The average Bonchev–Trinajstić information content (AvgIpc) is 2.99. The van der Waals surface area contributed by atoms with Crippen LogP contribution < -0.4 is 0 Å². The molecular formula is C21H20FNO4. The third-order valence-corrected chi connectivity index (χ3v) is 5.38. The van der Waals surface area contributed by atoms with Crippen LogP contribution in [-0.4, -0.2) is 47.4 Å². The van der Waals surface area contributed by atoms with Crippen LogP contribution >= 0.6 is 0 Å². The second-order valence-corrected chi connectivity index (χ2v) is 6.94. The summed E-state index contributed by atoms with van der Waals surface area (Å²) < 4.78 is 19.5. The summed E-state index contributed by atoms with van der Waals surface area (Å²) in [5.74, 6) is -1.45. The van der Waals surface area contributed by atoms with Gasteiger partial charge in [-0.15, -0.1) is 0 Å². The summed E-state index contributed by atoms with van der Waals surface area (Å²) in [6.07, 6.45) is -1.78. The van der Waals surface area contributed by atoms with Gasteiger partial charge in [0.05, 0.1) is 0 Å². The number of carbonyl (C=O) groups is 2. The van der Waals surface area contributed by atoms with Crippen LogP contribution in [0.5, 0.6) is 0 Å². The molecule has 1 aliphatic heterocycles.